The number of hydrogen-bond acceptors (Lipinski definition) is 2. The molecule has 0 bridgehead atoms. The molecule has 0 fully saturated rings. The third-order valence-corrected chi connectivity index (χ3v) is 3.52. The monoisotopic (exact) mass is 249 g/mol. The van der Waals surface area contributed by atoms with Crippen molar-refractivity contribution in [2.45, 2.75) is 53.5 Å². The summed E-state index contributed by atoms with van der Waals surface area (Å²) in [6, 6.07) is 4.07. The van der Waals surface area contributed by atoms with Gasteiger partial charge in [-0.1, -0.05) is 40.7 Å². The minimum absolute atomic E-state index is 0.0632. The molecule has 1 N–H and O–H groups in total. The number of nitrogens with zero attached hydrogens (tertiary/aromatic N) is 1. The van der Waals surface area contributed by atoms with Crippen molar-refractivity contribution in [3.8, 4) is 5.75 Å². The van der Waals surface area contributed by atoms with E-state index in [1.165, 1.54) is 11.1 Å². The van der Waals surface area contributed by atoms with Gasteiger partial charge in [-0.05, 0) is 48.2 Å². The Balaban J connectivity index is 3.20. The molecule has 0 aliphatic rings. The van der Waals surface area contributed by atoms with Crippen LogP contribution >= 0.6 is 0 Å². The number of aryl methyl sites for hydroxylation is 1. The van der Waals surface area contributed by atoms with Crippen molar-refractivity contribution >= 4 is 0 Å². The molecule has 0 heterocycles. The molecule has 0 spiro atoms. The van der Waals surface area contributed by atoms with Crippen LogP contribution in [0.15, 0.2) is 12.1 Å². The second kappa shape index (κ2) is 5.75. The lowest BCUT2D eigenvalue weighted by molar-refractivity contribution is 0.293. The van der Waals surface area contributed by atoms with Crippen LogP contribution < -0.4 is 0 Å². The maximum absolute atomic E-state index is 9.92. The van der Waals surface area contributed by atoms with Crippen molar-refractivity contribution in [1.82, 2.24) is 4.90 Å². The highest BCUT2D eigenvalue weighted by Gasteiger charge is 2.20. The van der Waals surface area contributed by atoms with Crippen LogP contribution in [-0.4, -0.2) is 23.1 Å². The molecule has 0 aliphatic heterocycles. The molecule has 0 aromatic heterocycles. The van der Waals surface area contributed by atoms with Crippen LogP contribution in [-0.2, 0) is 12.0 Å². The van der Waals surface area contributed by atoms with E-state index in [-0.39, 0.29) is 5.41 Å². The lowest BCUT2D eigenvalue weighted by Gasteiger charge is -2.27. The Labute approximate surface area is 112 Å². The van der Waals surface area contributed by atoms with Crippen LogP contribution in [0.3, 0.4) is 0 Å². The van der Waals surface area contributed by atoms with Gasteiger partial charge in [0.15, 0.2) is 0 Å². The summed E-state index contributed by atoms with van der Waals surface area (Å²) in [6.07, 6.45) is 0. The fourth-order valence-corrected chi connectivity index (χ4v) is 2.27. The van der Waals surface area contributed by atoms with E-state index in [1.807, 2.05) is 13.0 Å². The standard InChI is InChI=1S/C16H27NO/c1-7-17(8-2)11-13-9-12(3)15(18)10-14(13)16(4,5)6/h9-10,18H,7-8,11H2,1-6H3. The molecule has 1 aromatic rings. The van der Waals surface area contributed by atoms with Crippen molar-refractivity contribution in [2.24, 2.45) is 0 Å². The molecule has 1 rings (SSSR count). The van der Waals surface area contributed by atoms with E-state index < -0.39 is 0 Å². The van der Waals surface area contributed by atoms with Gasteiger partial charge in [-0.2, -0.15) is 0 Å². The molecule has 2 nitrogen and oxygen atoms in total. The summed E-state index contributed by atoms with van der Waals surface area (Å²) >= 11 is 0. The molecule has 102 valence electrons. The van der Waals surface area contributed by atoms with Crippen molar-refractivity contribution in [3.05, 3.63) is 28.8 Å². The lowest BCUT2D eigenvalue weighted by Crippen LogP contribution is -2.25. The van der Waals surface area contributed by atoms with E-state index in [4.69, 9.17) is 0 Å². The Bertz CT molecular complexity index is 400. The minimum atomic E-state index is 0.0632. The SMILES string of the molecule is CCN(CC)Cc1cc(C)c(O)cc1C(C)(C)C. The molecular weight excluding hydrogens is 222 g/mol. The number of rotatable bonds is 4. The third kappa shape index (κ3) is 3.49. The van der Waals surface area contributed by atoms with Gasteiger partial charge in [0.05, 0.1) is 0 Å². The largest absolute Gasteiger partial charge is 0.508 e. The number of phenolic OH excluding ortho intramolecular Hbond substituents is 1. The summed E-state index contributed by atoms with van der Waals surface area (Å²) in [7, 11) is 0. The summed E-state index contributed by atoms with van der Waals surface area (Å²) < 4.78 is 0. The highest BCUT2D eigenvalue weighted by Crippen LogP contribution is 2.32. The van der Waals surface area contributed by atoms with Crippen molar-refractivity contribution in [3.63, 3.8) is 0 Å². The van der Waals surface area contributed by atoms with E-state index in [0.29, 0.717) is 5.75 Å². The van der Waals surface area contributed by atoms with Gasteiger partial charge in [-0.15, -0.1) is 0 Å². The number of phenols is 1. The molecule has 0 amide bonds. The number of benzene rings is 1. The summed E-state index contributed by atoms with van der Waals surface area (Å²) in [4.78, 5) is 2.40. The van der Waals surface area contributed by atoms with Gasteiger partial charge < -0.3 is 5.11 Å². The van der Waals surface area contributed by atoms with Gasteiger partial charge >= 0.3 is 0 Å². The van der Waals surface area contributed by atoms with Gasteiger partial charge in [0.25, 0.3) is 0 Å². The van der Waals surface area contributed by atoms with Crippen LogP contribution in [0.5, 0.6) is 5.75 Å². The smallest absolute Gasteiger partial charge is 0.118 e. The van der Waals surface area contributed by atoms with Gasteiger partial charge in [0.2, 0.25) is 0 Å². The van der Waals surface area contributed by atoms with Gasteiger partial charge in [0, 0.05) is 6.54 Å². The first-order valence-corrected chi connectivity index (χ1v) is 6.84. The lowest BCUT2D eigenvalue weighted by atomic mass is 9.82. The fraction of sp³-hybridized carbons (Fsp3) is 0.625. The average Bonchev–Trinajstić information content (AvgIpc) is 2.28. The minimum Gasteiger partial charge on any atom is -0.508 e. The van der Waals surface area contributed by atoms with Gasteiger partial charge in [0.1, 0.15) is 5.75 Å². The maximum atomic E-state index is 9.92. The molecule has 0 atom stereocenters. The van der Waals surface area contributed by atoms with Crippen molar-refractivity contribution < 1.29 is 5.11 Å². The first-order chi connectivity index (χ1) is 8.29. The van der Waals surface area contributed by atoms with E-state index in [0.717, 1.165) is 25.2 Å². The van der Waals surface area contributed by atoms with E-state index >= 15 is 0 Å². The van der Waals surface area contributed by atoms with Crippen LogP contribution in [0.25, 0.3) is 0 Å². The first-order valence-electron chi connectivity index (χ1n) is 6.84. The normalized spacial score (nSPS) is 12.2. The number of aromatic hydroxyl groups is 1. The molecule has 0 aliphatic carbocycles. The molecule has 0 saturated heterocycles. The van der Waals surface area contributed by atoms with E-state index in [2.05, 4.69) is 45.6 Å². The molecule has 0 unspecified atom stereocenters. The van der Waals surface area contributed by atoms with Crippen LogP contribution in [0, 0.1) is 6.92 Å². The quantitative estimate of drug-likeness (QED) is 0.876. The molecule has 1 aromatic carbocycles. The zero-order valence-corrected chi connectivity index (χ0v) is 12.7. The Morgan fingerprint density at radius 1 is 1.11 bits per heavy atom. The summed E-state index contributed by atoms with van der Waals surface area (Å²) in [5.74, 6) is 0.406. The van der Waals surface area contributed by atoms with Crippen LogP contribution in [0.4, 0.5) is 0 Å². The summed E-state index contributed by atoms with van der Waals surface area (Å²) in [5, 5.41) is 9.92. The zero-order chi connectivity index (χ0) is 13.9. The summed E-state index contributed by atoms with van der Waals surface area (Å²) in [5.41, 5.74) is 3.61. The van der Waals surface area contributed by atoms with E-state index in [9.17, 15) is 5.11 Å². The maximum Gasteiger partial charge on any atom is 0.118 e. The highest BCUT2D eigenvalue weighted by atomic mass is 16.3. The van der Waals surface area contributed by atoms with Crippen molar-refractivity contribution in [2.75, 3.05) is 13.1 Å². The van der Waals surface area contributed by atoms with Crippen LogP contribution in [0.1, 0.15) is 51.3 Å². The Morgan fingerprint density at radius 3 is 2.11 bits per heavy atom. The zero-order valence-electron chi connectivity index (χ0n) is 12.7. The topological polar surface area (TPSA) is 23.5 Å². The predicted molar refractivity (Wildman–Crippen MR) is 78.2 cm³/mol. The van der Waals surface area contributed by atoms with Crippen LogP contribution in [0.2, 0.25) is 0 Å². The Hall–Kier alpha value is -1.02. The Morgan fingerprint density at radius 2 is 1.67 bits per heavy atom. The molecule has 0 saturated carbocycles. The average molecular weight is 249 g/mol. The fourth-order valence-electron chi connectivity index (χ4n) is 2.27. The first kappa shape index (κ1) is 15.0. The van der Waals surface area contributed by atoms with Gasteiger partial charge in [-0.25, -0.2) is 0 Å². The summed E-state index contributed by atoms with van der Waals surface area (Å²) in [6.45, 7) is 16.0. The second-order valence-corrected chi connectivity index (χ2v) is 6.01. The second-order valence-electron chi connectivity index (χ2n) is 6.01. The Kier molecular flexibility index (Phi) is 4.80. The predicted octanol–water partition coefficient (Wildman–Crippen LogP) is 3.84. The third-order valence-electron chi connectivity index (χ3n) is 3.52. The molecule has 0 radical (unpaired) electrons. The molecule has 18 heavy (non-hydrogen) atoms. The molecule has 2 heteroatoms. The van der Waals surface area contributed by atoms with Crippen molar-refractivity contribution in [1.29, 1.82) is 0 Å². The number of hydrogen-bond donors (Lipinski definition) is 1. The molecular formula is C16H27NO. The van der Waals surface area contributed by atoms with E-state index in [1.54, 1.807) is 0 Å². The van der Waals surface area contributed by atoms with Gasteiger partial charge in [-0.3, -0.25) is 4.90 Å². The highest BCUT2D eigenvalue weighted by molar-refractivity contribution is 5.44.